The predicted octanol–water partition coefficient (Wildman–Crippen LogP) is 5.75. The Morgan fingerprint density at radius 2 is 1.93 bits per heavy atom. The zero-order chi connectivity index (χ0) is 19.1. The van der Waals surface area contributed by atoms with Gasteiger partial charge in [-0.2, -0.15) is 0 Å². The monoisotopic (exact) mass is 405 g/mol. The van der Waals surface area contributed by atoms with Gasteiger partial charge in [-0.3, -0.25) is 15.1 Å². The molecule has 0 atom stereocenters. The summed E-state index contributed by atoms with van der Waals surface area (Å²) in [6.45, 7) is 0. The van der Waals surface area contributed by atoms with Gasteiger partial charge in [-0.25, -0.2) is 4.98 Å². The Labute approximate surface area is 171 Å². The predicted molar refractivity (Wildman–Crippen MR) is 114 cm³/mol. The summed E-state index contributed by atoms with van der Waals surface area (Å²) >= 11 is 7.63. The molecule has 0 bridgehead atoms. The summed E-state index contributed by atoms with van der Waals surface area (Å²) < 4.78 is 0. The fourth-order valence-corrected chi connectivity index (χ4v) is 4.61. The van der Waals surface area contributed by atoms with E-state index in [4.69, 9.17) is 16.6 Å². The molecule has 1 aliphatic carbocycles. The van der Waals surface area contributed by atoms with Crippen molar-refractivity contribution in [1.82, 2.24) is 9.97 Å². The molecule has 138 valence electrons. The number of carbonyl (C=O) groups is 1. The van der Waals surface area contributed by atoms with E-state index in [0.717, 1.165) is 52.7 Å². The molecule has 0 spiro atoms. The van der Waals surface area contributed by atoms with Crippen LogP contribution in [0.4, 0.5) is 5.13 Å². The van der Waals surface area contributed by atoms with Crippen LogP contribution in [0, 0.1) is 0 Å². The third kappa shape index (κ3) is 3.07. The molecule has 5 rings (SSSR count). The average molecular weight is 406 g/mol. The quantitative estimate of drug-likeness (QED) is 0.472. The van der Waals surface area contributed by atoms with E-state index in [2.05, 4.69) is 10.3 Å². The van der Waals surface area contributed by atoms with Crippen molar-refractivity contribution in [2.24, 2.45) is 0 Å². The third-order valence-corrected chi connectivity index (χ3v) is 5.99. The molecule has 4 aromatic rings. The number of fused-ring (bicyclic) bond motifs is 2. The maximum absolute atomic E-state index is 13.2. The Balaban J connectivity index is 1.53. The molecule has 28 heavy (non-hydrogen) atoms. The highest BCUT2D eigenvalue weighted by Gasteiger charge is 2.24. The van der Waals surface area contributed by atoms with E-state index >= 15 is 0 Å². The number of aromatic nitrogens is 2. The van der Waals surface area contributed by atoms with Gasteiger partial charge in [-0.05, 0) is 43.0 Å². The second-order valence-corrected chi connectivity index (χ2v) is 8.08. The fourth-order valence-electron chi connectivity index (χ4n) is 3.73. The Kier molecular flexibility index (Phi) is 4.34. The lowest BCUT2D eigenvalue weighted by Gasteiger charge is -2.12. The van der Waals surface area contributed by atoms with Crippen LogP contribution >= 0.6 is 22.9 Å². The number of nitrogens with zero attached hydrogens (tertiary/aromatic N) is 2. The van der Waals surface area contributed by atoms with E-state index in [1.165, 1.54) is 11.3 Å². The minimum atomic E-state index is -0.151. The van der Waals surface area contributed by atoms with Gasteiger partial charge in [-0.1, -0.05) is 41.9 Å². The Bertz CT molecular complexity index is 1200. The van der Waals surface area contributed by atoms with Gasteiger partial charge in [0.15, 0.2) is 5.13 Å². The summed E-state index contributed by atoms with van der Waals surface area (Å²) in [4.78, 5) is 22.6. The lowest BCUT2D eigenvalue weighted by atomic mass is 10.0. The van der Waals surface area contributed by atoms with Crippen molar-refractivity contribution in [3.05, 3.63) is 75.8 Å². The van der Waals surface area contributed by atoms with E-state index < -0.39 is 0 Å². The van der Waals surface area contributed by atoms with Gasteiger partial charge in [0.05, 0.1) is 16.8 Å². The van der Waals surface area contributed by atoms with Gasteiger partial charge in [-0.15, -0.1) is 11.3 Å². The SMILES string of the molecule is O=C(Nc1nc(-c2ccccc2)cs1)c1c2c(nc3ccc(Cl)cc13)CCC2. The maximum atomic E-state index is 13.2. The molecule has 1 amide bonds. The summed E-state index contributed by atoms with van der Waals surface area (Å²) in [5.41, 5.74) is 5.42. The molecule has 0 aliphatic heterocycles. The standard InChI is InChI=1S/C22H16ClN3OS/c23-14-9-10-18-16(11-14)20(15-7-4-8-17(15)24-18)21(27)26-22-25-19(12-28-22)13-5-2-1-3-6-13/h1-3,5-6,9-12H,4,7-8H2,(H,25,26,27). The molecule has 2 aromatic carbocycles. The first-order chi connectivity index (χ1) is 13.7. The number of hydrogen-bond donors (Lipinski definition) is 1. The van der Waals surface area contributed by atoms with Crippen molar-refractivity contribution in [1.29, 1.82) is 0 Å². The van der Waals surface area contributed by atoms with E-state index in [9.17, 15) is 4.79 Å². The summed E-state index contributed by atoms with van der Waals surface area (Å²) in [6.07, 6.45) is 2.78. The van der Waals surface area contributed by atoms with Crippen LogP contribution in [0.2, 0.25) is 5.02 Å². The number of hydrogen-bond acceptors (Lipinski definition) is 4. The van der Waals surface area contributed by atoms with Crippen LogP contribution in [-0.4, -0.2) is 15.9 Å². The van der Waals surface area contributed by atoms with Gasteiger partial charge < -0.3 is 0 Å². The number of rotatable bonds is 3. The van der Waals surface area contributed by atoms with Gasteiger partial charge in [0.2, 0.25) is 0 Å². The number of nitrogens with one attached hydrogen (secondary N) is 1. The van der Waals surface area contributed by atoms with Gasteiger partial charge >= 0.3 is 0 Å². The zero-order valence-corrected chi connectivity index (χ0v) is 16.5. The molecule has 0 radical (unpaired) electrons. The zero-order valence-electron chi connectivity index (χ0n) is 14.9. The van der Waals surface area contributed by atoms with Crippen LogP contribution in [-0.2, 0) is 12.8 Å². The number of halogens is 1. The van der Waals surface area contributed by atoms with Crippen molar-refractivity contribution < 1.29 is 4.79 Å². The van der Waals surface area contributed by atoms with Crippen molar-refractivity contribution in [3.63, 3.8) is 0 Å². The minimum absolute atomic E-state index is 0.151. The van der Waals surface area contributed by atoms with Crippen LogP contribution in [0.15, 0.2) is 53.9 Å². The lowest BCUT2D eigenvalue weighted by molar-refractivity contribution is 0.102. The maximum Gasteiger partial charge on any atom is 0.258 e. The smallest absolute Gasteiger partial charge is 0.258 e. The van der Waals surface area contributed by atoms with Crippen molar-refractivity contribution in [3.8, 4) is 11.3 Å². The normalized spacial score (nSPS) is 12.9. The van der Waals surface area contributed by atoms with Crippen molar-refractivity contribution in [2.75, 3.05) is 5.32 Å². The molecule has 0 fully saturated rings. The van der Waals surface area contributed by atoms with Crippen LogP contribution in [0.1, 0.15) is 28.0 Å². The second-order valence-electron chi connectivity index (χ2n) is 6.79. The molecule has 1 N–H and O–H groups in total. The molecule has 0 unspecified atom stereocenters. The number of aryl methyl sites for hydroxylation is 1. The Morgan fingerprint density at radius 1 is 1.07 bits per heavy atom. The molecule has 1 aliphatic rings. The molecule has 4 nitrogen and oxygen atoms in total. The molecule has 2 heterocycles. The fraction of sp³-hybridized carbons (Fsp3) is 0.136. The first-order valence-corrected chi connectivity index (χ1v) is 10.4. The topological polar surface area (TPSA) is 54.9 Å². The lowest BCUT2D eigenvalue weighted by Crippen LogP contribution is -2.15. The van der Waals surface area contributed by atoms with Crippen LogP contribution in [0.25, 0.3) is 22.2 Å². The number of amides is 1. The number of pyridine rings is 1. The van der Waals surface area contributed by atoms with E-state index in [-0.39, 0.29) is 5.91 Å². The second kappa shape index (κ2) is 7.00. The van der Waals surface area contributed by atoms with E-state index in [0.29, 0.717) is 15.7 Å². The summed E-state index contributed by atoms with van der Waals surface area (Å²) in [7, 11) is 0. The summed E-state index contributed by atoms with van der Waals surface area (Å²) in [5, 5.41) is 6.92. The van der Waals surface area contributed by atoms with Crippen LogP contribution in [0.5, 0.6) is 0 Å². The van der Waals surface area contributed by atoms with Crippen LogP contribution < -0.4 is 5.32 Å². The highest BCUT2D eigenvalue weighted by molar-refractivity contribution is 7.14. The highest BCUT2D eigenvalue weighted by Crippen LogP contribution is 2.32. The number of benzene rings is 2. The molecule has 6 heteroatoms. The molecule has 0 saturated heterocycles. The minimum Gasteiger partial charge on any atom is -0.298 e. The van der Waals surface area contributed by atoms with Gasteiger partial charge in [0.25, 0.3) is 5.91 Å². The highest BCUT2D eigenvalue weighted by atomic mass is 35.5. The first kappa shape index (κ1) is 17.3. The summed E-state index contributed by atoms with van der Waals surface area (Å²) in [5.74, 6) is -0.151. The van der Waals surface area contributed by atoms with E-state index in [1.807, 2.05) is 53.9 Å². The molecular weight excluding hydrogens is 390 g/mol. The summed E-state index contributed by atoms with van der Waals surface area (Å²) in [6, 6.07) is 15.5. The molecule has 2 aromatic heterocycles. The molecule has 0 saturated carbocycles. The van der Waals surface area contributed by atoms with Crippen LogP contribution in [0.3, 0.4) is 0 Å². The average Bonchev–Trinajstić information content (AvgIpc) is 3.36. The third-order valence-electron chi connectivity index (χ3n) is 5.00. The van der Waals surface area contributed by atoms with Gasteiger partial charge in [0.1, 0.15) is 0 Å². The van der Waals surface area contributed by atoms with E-state index in [1.54, 1.807) is 0 Å². The largest absolute Gasteiger partial charge is 0.298 e. The van der Waals surface area contributed by atoms with Gasteiger partial charge in [0, 0.05) is 27.0 Å². The Morgan fingerprint density at radius 3 is 2.79 bits per heavy atom. The van der Waals surface area contributed by atoms with Crippen molar-refractivity contribution in [2.45, 2.75) is 19.3 Å². The first-order valence-electron chi connectivity index (χ1n) is 9.12. The Hall–Kier alpha value is -2.76. The number of anilines is 1. The number of thiazole rings is 1. The number of carbonyl (C=O) groups excluding carboxylic acids is 1. The van der Waals surface area contributed by atoms with Crippen molar-refractivity contribution >= 4 is 44.9 Å². The molecular formula is C22H16ClN3OS.